The summed E-state index contributed by atoms with van der Waals surface area (Å²) in [6, 6.07) is 23.1. The van der Waals surface area contributed by atoms with Crippen molar-refractivity contribution in [3.8, 4) is 5.75 Å². The van der Waals surface area contributed by atoms with E-state index in [9.17, 15) is 0 Å². The summed E-state index contributed by atoms with van der Waals surface area (Å²) in [6.07, 6.45) is -1.20. The molecule has 3 nitrogen and oxygen atoms in total. The Hall–Kier alpha value is -2.47. The average molecular weight is 515 g/mol. The van der Waals surface area contributed by atoms with E-state index < -0.39 is 24.0 Å². The maximum absolute atomic E-state index is 15.2. The molecule has 1 heterocycles. The standard InChI is InChI=1S/C30H33ClF2O3/c1-4-35-26-13-10-22(11-14-26)16-25-17-24(12-15-27(25)31)29-20(2)21(3)30(32,33)28(36-29)19-34-18-23-8-6-5-7-9-23/h5-15,17,20-21,28-29H,4,16,18-19H2,1-3H3. The van der Waals surface area contributed by atoms with Gasteiger partial charge in [0.2, 0.25) is 0 Å². The Labute approximate surface area is 217 Å². The number of hydrogen-bond acceptors (Lipinski definition) is 3. The zero-order valence-corrected chi connectivity index (χ0v) is 21.7. The summed E-state index contributed by atoms with van der Waals surface area (Å²) in [5.41, 5.74) is 3.80. The SMILES string of the molecule is CCOc1ccc(Cc2cc(C3OC(COCc4ccccc4)C(F)(F)C(C)C3C)ccc2Cl)cc1. The predicted octanol–water partition coefficient (Wildman–Crippen LogP) is 7.89. The van der Waals surface area contributed by atoms with Crippen LogP contribution in [0.15, 0.2) is 72.8 Å². The highest BCUT2D eigenvalue weighted by Crippen LogP contribution is 2.48. The fourth-order valence-corrected chi connectivity index (χ4v) is 4.87. The van der Waals surface area contributed by atoms with E-state index in [1.165, 1.54) is 0 Å². The van der Waals surface area contributed by atoms with Crippen molar-refractivity contribution in [1.29, 1.82) is 0 Å². The first-order chi connectivity index (χ1) is 17.3. The minimum Gasteiger partial charge on any atom is -0.494 e. The maximum Gasteiger partial charge on any atom is 0.278 e. The van der Waals surface area contributed by atoms with Crippen molar-refractivity contribution in [3.63, 3.8) is 0 Å². The van der Waals surface area contributed by atoms with Crippen molar-refractivity contribution in [2.75, 3.05) is 13.2 Å². The molecule has 4 atom stereocenters. The average Bonchev–Trinajstić information content (AvgIpc) is 2.88. The summed E-state index contributed by atoms with van der Waals surface area (Å²) in [4.78, 5) is 0. The lowest BCUT2D eigenvalue weighted by Crippen LogP contribution is -2.52. The van der Waals surface area contributed by atoms with Gasteiger partial charge in [0.05, 0.1) is 25.9 Å². The van der Waals surface area contributed by atoms with Gasteiger partial charge >= 0.3 is 0 Å². The van der Waals surface area contributed by atoms with Gasteiger partial charge in [-0.1, -0.05) is 80.0 Å². The number of alkyl halides is 2. The normalized spacial score (nSPS) is 23.4. The second kappa shape index (κ2) is 11.7. The van der Waals surface area contributed by atoms with Crippen LogP contribution in [0.2, 0.25) is 5.02 Å². The lowest BCUT2D eigenvalue weighted by atomic mass is 9.78. The molecular weight excluding hydrogens is 482 g/mol. The highest BCUT2D eigenvalue weighted by Gasteiger charge is 2.54. The molecule has 3 aromatic rings. The van der Waals surface area contributed by atoms with Gasteiger partial charge in [-0.05, 0) is 59.7 Å². The van der Waals surface area contributed by atoms with E-state index in [0.717, 1.165) is 28.0 Å². The molecule has 0 bridgehead atoms. The molecule has 4 unspecified atom stereocenters. The van der Waals surface area contributed by atoms with Gasteiger partial charge in [0.1, 0.15) is 11.9 Å². The van der Waals surface area contributed by atoms with Crippen LogP contribution in [0.25, 0.3) is 0 Å². The summed E-state index contributed by atoms with van der Waals surface area (Å²) in [7, 11) is 0. The second-order valence-corrected chi connectivity index (χ2v) is 9.88. The lowest BCUT2D eigenvalue weighted by molar-refractivity contribution is -0.262. The molecule has 1 saturated heterocycles. The van der Waals surface area contributed by atoms with E-state index in [2.05, 4.69) is 0 Å². The van der Waals surface area contributed by atoms with Gasteiger partial charge in [-0.25, -0.2) is 8.78 Å². The largest absolute Gasteiger partial charge is 0.494 e. The molecule has 0 saturated carbocycles. The molecule has 6 heteroatoms. The second-order valence-electron chi connectivity index (χ2n) is 9.47. The molecule has 1 fully saturated rings. The third kappa shape index (κ3) is 6.08. The zero-order chi connectivity index (χ0) is 25.7. The molecule has 192 valence electrons. The van der Waals surface area contributed by atoms with Gasteiger partial charge in [-0.3, -0.25) is 0 Å². The molecule has 0 N–H and O–H groups in total. The molecule has 1 aliphatic heterocycles. The molecule has 0 radical (unpaired) electrons. The Morgan fingerprint density at radius 2 is 1.67 bits per heavy atom. The smallest absolute Gasteiger partial charge is 0.278 e. The summed E-state index contributed by atoms with van der Waals surface area (Å²) >= 11 is 6.53. The van der Waals surface area contributed by atoms with E-state index in [1.807, 2.05) is 86.6 Å². The van der Waals surface area contributed by atoms with Gasteiger partial charge in [0, 0.05) is 10.9 Å². The number of rotatable bonds is 9. The monoisotopic (exact) mass is 514 g/mol. The minimum atomic E-state index is -3.00. The minimum absolute atomic E-state index is 0.178. The van der Waals surface area contributed by atoms with Crippen molar-refractivity contribution in [2.24, 2.45) is 11.8 Å². The topological polar surface area (TPSA) is 27.7 Å². The Bertz CT molecular complexity index is 1120. The summed E-state index contributed by atoms with van der Waals surface area (Å²) in [5.74, 6) is -3.43. The van der Waals surface area contributed by atoms with Gasteiger partial charge < -0.3 is 14.2 Å². The van der Waals surface area contributed by atoms with Crippen LogP contribution in [0.3, 0.4) is 0 Å². The van der Waals surface area contributed by atoms with Crippen molar-refractivity contribution >= 4 is 11.6 Å². The molecule has 3 aromatic carbocycles. The first kappa shape index (κ1) is 26.6. The summed E-state index contributed by atoms with van der Waals surface area (Å²) in [5, 5.41) is 0.636. The highest BCUT2D eigenvalue weighted by molar-refractivity contribution is 6.31. The van der Waals surface area contributed by atoms with Crippen molar-refractivity contribution < 1.29 is 23.0 Å². The molecule has 0 aliphatic carbocycles. The van der Waals surface area contributed by atoms with E-state index in [1.54, 1.807) is 6.92 Å². The number of hydrogen-bond donors (Lipinski definition) is 0. The summed E-state index contributed by atoms with van der Waals surface area (Å²) < 4.78 is 47.7. The molecule has 0 spiro atoms. The molecule has 0 amide bonds. The van der Waals surface area contributed by atoms with Crippen molar-refractivity contribution in [3.05, 3.63) is 100 Å². The quantitative estimate of drug-likeness (QED) is 0.290. The van der Waals surface area contributed by atoms with Crippen LogP contribution < -0.4 is 4.74 Å². The fourth-order valence-electron chi connectivity index (χ4n) is 4.69. The van der Waals surface area contributed by atoms with Crippen LogP contribution in [-0.2, 0) is 22.5 Å². The first-order valence-corrected chi connectivity index (χ1v) is 12.8. The third-order valence-electron chi connectivity index (χ3n) is 7.02. The summed E-state index contributed by atoms with van der Waals surface area (Å²) in [6.45, 7) is 6.07. The van der Waals surface area contributed by atoms with Crippen LogP contribution in [-0.4, -0.2) is 25.2 Å². The van der Waals surface area contributed by atoms with Crippen LogP contribution in [0, 0.1) is 11.8 Å². The van der Waals surface area contributed by atoms with Crippen LogP contribution in [0.1, 0.15) is 49.1 Å². The number of halogens is 3. The zero-order valence-electron chi connectivity index (χ0n) is 20.9. The fraction of sp³-hybridized carbons (Fsp3) is 0.400. The molecule has 36 heavy (non-hydrogen) atoms. The van der Waals surface area contributed by atoms with Gasteiger partial charge in [-0.2, -0.15) is 0 Å². The van der Waals surface area contributed by atoms with Crippen LogP contribution >= 0.6 is 11.6 Å². The number of ether oxygens (including phenoxy) is 3. The molecular formula is C30H33ClF2O3. The third-order valence-corrected chi connectivity index (χ3v) is 7.39. The van der Waals surface area contributed by atoms with Gasteiger partial charge in [0.15, 0.2) is 0 Å². The highest BCUT2D eigenvalue weighted by atomic mass is 35.5. The van der Waals surface area contributed by atoms with Crippen LogP contribution in [0.5, 0.6) is 5.75 Å². The molecule has 1 aliphatic rings. The van der Waals surface area contributed by atoms with Gasteiger partial charge in [0.25, 0.3) is 5.92 Å². The first-order valence-electron chi connectivity index (χ1n) is 12.4. The van der Waals surface area contributed by atoms with E-state index >= 15 is 8.78 Å². The Morgan fingerprint density at radius 3 is 2.36 bits per heavy atom. The Kier molecular flexibility index (Phi) is 8.66. The number of benzene rings is 3. The predicted molar refractivity (Wildman–Crippen MR) is 139 cm³/mol. The Morgan fingerprint density at radius 1 is 0.944 bits per heavy atom. The van der Waals surface area contributed by atoms with E-state index in [0.29, 0.717) is 18.1 Å². The lowest BCUT2D eigenvalue weighted by Gasteiger charge is -2.45. The van der Waals surface area contributed by atoms with E-state index in [-0.39, 0.29) is 19.1 Å². The van der Waals surface area contributed by atoms with Gasteiger partial charge in [-0.15, -0.1) is 0 Å². The van der Waals surface area contributed by atoms with Crippen molar-refractivity contribution in [1.82, 2.24) is 0 Å². The Balaban J connectivity index is 1.50. The van der Waals surface area contributed by atoms with Crippen molar-refractivity contribution in [2.45, 2.75) is 51.9 Å². The van der Waals surface area contributed by atoms with E-state index in [4.69, 9.17) is 25.8 Å². The molecule has 0 aromatic heterocycles. The van der Waals surface area contributed by atoms with Crippen LogP contribution in [0.4, 0.5) is 8.78 Å². The maximum atomic E-state index is 15.2. The molecule has 4 rings (SSSR count).